The number of ether oxygens (including phenoxy) is 2. The standard InChI is InChI=1S/C17H17NO3/c1-20-15-9-7-14(8-10-15)18-11-16(17(18)19)21-12-13-5-3-2-4-6-13/h2-10,16H,11-12H2,1H3. The van der Waals surface area contributed by atoms with Crippen LogP contribution >= 0.6 is 0 Å². The second kappa shape index (κ2) is 5.97. The molecule has 1 atom stereocenters. The third-order valence-corrected chi connectivity index (χ3v) is 3.57. The van der Waals surface area contributed by atoms with Crippen LogP contribution in [0.15, 0.2) is 54.6 Å². The van der Waals surface area contributed by atoms with E-state index in [4.69, 9.17) is 9.47 Å². The fourth-order valence-electron chi connectivity index (χ4n) is 2.29. The molecule has 0 N–H and O–H groups in total. The summed E-state index contributed by atoms with van der Waals surface area (Å²) in [6, 6.07) is 17.3. The summed E-state index contributed by atoms with van der Waals surface area (Å²) in [4.78, 5) is 13.8. The van der Waals surface area contributed by atoms with E-state index in [9.17, 15) is 4.79 Å². The molecular formula is C17H17NO3. The minimum Gasteiger partial charge on any atom is -0.497 e. The largest absolute Gasteiger partial charge is 0.497 e. The van der Waals surface area contributed by atoms with E-state index in [0.29, 0.717) is 13.2 Å². The van der Waals surface area contributed by atoms with Crippen LogP contribution in [0.1, 0.15) is 5.56 Å². The van der Waals surface area contributed by atoms with Crippen molar-refractivity contribution >= 4 is 11.6 Å². The number of nitrogens with zero attached hydrogens (tertiary/aromatic N) is 1. The van der Waals surface area contributed by atoms with Gasteiger partial charge in [-0.25, -0.2) is 0 Å². The highest BCUT2D eigenvalue weighted by atomic mass is 16.5. The quantitative estimate of drug-likeness (QED) is 0.792. The summed E-state index contributed by atoms with van der Waals surface area (Å²) in [5.74, 6) is 0.791. The van der Waals surface area contributed by atoms with Crippen molar-refractivity contribution in [2.24, 2.45) is 0 Å². The van der Waals surface area contributed by atoms with Crippen molar-refractivity contribution in [1.29, 1.82) is 0 Å². The Morgan fingerprint density at radius 3 is 2.43 bits per heavy atom. The van der Waals surface area contributed by atoms with Crippen LogP contribution in [-0.4, -0.2) is 25.7 Å². The van der Waals surface area contributed by atoms with Crippen LogP contribution < -0.4 is 9.64 Å². The number of carbonyl (C=O) groups excluding carboxylic acids is 1. The van der Waals surface area contributed by atoms with Crippen molar-refractivity contribution in [2.45, 2.75) is 12.7 Å². The molecule has 108 valence electrons. The van der Waals surface area contributed by atoms with Crippen molar-refractivity contribution in [3.8, 4) is 5.75 Å². The Labute approximate surface area is 123 Å². The number of benzene rings is 2. The fraction of sp³-hybridized carbons (Fsp3) is 0.235. The first-order chi connectivity index (χ1) is 10.3. The SMILES string of the molecule is COc1ccc(N2CC(OCc3ccccc3)C2=O)cc1. The molecule has 1 aliphatic rings. The lowest BCUT2D eigenvalue weighted by Crippen LogP contribution is -2.57. The lowest BCUT2D eigenvalue weighted by molar-refractivity contribution is -0.138. The van der Waals surface area contributed by atoms with Gasteiger partial charge >= 0.3 is 0 Å². The smallest absolute Gasteiger partial charge is 0.258 e. The Hall–Kier alpha value is -2.33. The van der Waals surface area contributed by atoms with Gasteiger partial charge in [-0.3, -0.25) is 4.79 Å². The topological polar surface area (TPSA) is 38.8 Å². The van der Waals surface area contributed by atoms with Crippen molar-refractivity contribution in [2.75, 3.05) is 18.6 Å². The first kappa shape index (κ1) is 13.6. The predicted molar refractivity (Wildman–Crippen MR) is 80.4 cm³/mol. The number of β-lactam (4-membered cyclic amide) rings is 1. The molecule has 1 fully saturated rings. The molecule has 1 heterocycles. The molecule has 1 unspecified atom stereocenters. The van der Waals surface area contributed by atoms with E-state index in [1.807, 2.05) is 54.6 Å². The molecule has 0 bridgehead atoms. The van der Waals surface area contributed by atoms with Gasteiger partial charge in [0.25, 0.3) is 5.91 Å². The molecule has 2 aromatic carbocycles. The number of hydrogen-bond acceptors (Lipinski definition) is 3. The highest BCUT2D eigenvalue weighted by Gasteiger charge is 2.38. The minimum atomic E-state index is -0.340. The number of methoxy groups -OCH3 is 1. The average Bonchev–Trinajstić information content (AvgIpc) is 2.55. The lowest BCUT2D eigenvalue weighted by atomic mass is 10.1. The first-order valence-electron chi connectivity index (χ1n) is 6.89. The molecule has 4 heteroatoms. The zero-order valence-electron chi connectivity index (χ0n) is 11.9. The van der Waals surface area contributed by atoms with Gasteiger partial charge in [0.15, 0.2) is 6.10 Å². The molecule has 0 spiro atoms. The maximum Gasteiger partial charge on any atom is 0.258 e. The Kier molecular flexibility index (Phi) is 3.88. The van der Waals surface area contributed by atoms with Crippen LogP contribution in [0.3, 0.4) is 0 Å². The van der Waals surface area contributed by atoms with Gasteiger partial charge in [-0.2, -0.15) is 0 Å². The Bertz CT molecular complexity index is 610. The van der Waals surface area contributed by atoms with E-state index in [1.165, 1.54) is 0 Å². The summed E-state index contributed by atoms with van der Waals surface area (Å²) in [5, 5.41) is 0. The van der Waals surface area contributed by atoms with Crippen molar-refractivity contribution in [1.82, 2.24) is 0 Å². The second-order valence-electron chi connectivity index (χ2n) is 4.93. The lowest BCUT2D eigenvalue weighted by Gasteiger charge is -2.38. The van der Waals surface area contributed by atoms with E-state index in [0.717, 1.165) is 17.0 Å². The molecule has 4 nitrogen and oxygen atoms in total. The van der Waals surface area contributed by atoms with Gasteiger partial charge in [0.05, 0.1) is 20.3 Å². The number of rotatable bonds is 5. The highest BCUT2D eigenvalue weighted by Crippen LogP contribution is 2.26. The second-order valence-corrected chi connectivity index (χ2v) is 4.93. The fourth-order valence-corrected chi connectivity index (χ4v) is 2.29. The number of anilines is 1. The Morgan fingerprint density at radius 1 is 1.10 bits per heavy atom. The van der Waals surface area contributed by atoms with Gasteiger partial charge < -0.3 is 14.4 Å². The van der Waals surface area contributed by atoms with Crippen molar-refractivity contribution in [3.63, 3.8) is 0 Å². The summed E-state index contributed by atoms with van der Waals surface area (Å²) in [6.07, 6.45) is -0.340. The maximum absolute atomic E-state index is 12.1. The third-order valence-electron chi connectivity index (χ3n) is 3.57. The molecular weight excluding hydrogens is 266 g/mol. The summed E-state index contributed by atoms with van der Waals surface area (Å²) in [7, 11) is 1.62. The predicted octanol–water partition coefficient (Wildman–Crippen LogP) is 2.63. The number of carbonyl (C=O) groups is 1. The van der Waals surface area contributed by atoms with Gasteiger partial charge in [-0.15, -0.1) is 0 Å². The van der Waals surface area contributed by atoms with E-state index in [-0.39, 0.29) is 12.0 Å². The summed E-state index contributed by atoms with van der Waals surface area (Å²) < 4.78 is 10.8. The molecule has 0 aliphatic carbocycles. The zero-order valence-corrected chi connectivity index (χ0v) is 11.9. The first-order valence-corrected chi connectivity index (χ1v) is 6.89. The van der Waals surface area contributed by atoms with Crippen LogP contribution in [0.5, 0.6) is 5.75 Å². The van der Waals surface area contributed by atoms with E-state index in [2.05, 4.69) is 0 Å². The molecule has 0 saturated carbocycles. The number of hydrogen-bond donors (Lipinski definition) is 0. The summed E-state index contributed by atoms with van der Waals surface area (Å²) >= 11 is 0. The van der Waals surface area contributed by atoms with Crippen LogP contribution in [0, 0.1) is 0 Å². The number of amides is 1. The molecule has 1 amide bonds. The van der Waals surface area contributed by atoms with Crippen molar-refractivity contribution < 1.29 is 14.3 Å². The van der Waals surface area contributed by atoms with E-state index >= 15 is 0 Å². The molecule has 0 aromatic heterocycles. The zero-order chi connectivity index (χ0) is 14.7. The van der Waals surface area contributed by atoms with Crippen LogP contribution in [0.25, 0.3) is 0 Å². The van der Waals surface area contributed by atoms with Gasteiger partial charge in [0.1, 0.15) is 5.75 Å². The monoisotopic (exact) mass is 283 g/mol. The maximum atomic E-state index is 12.1. The van der Waals surface area contributed by atoms with Gasteiger partial charge in [0.2, 0.25) is 0 Å². The summed E-state index contributed by atoms with van der Waals surface area (Å²) in [5.41, 5.74) is 1.95. The van der Waals surface area contributed by atoms with Crippen LogP contribution in [-0.2, 0) is 16.1 Å². The van der Waals surface area contributed by atoms with Gasteiger partial charge in [0, 0.05) is 5.69 Å². The van der Waals surface area contributed by atoms with E-state index in [1.54, 1.807) is 12.0 Å². The van der Waals surface area contributed by atoms with Gasteiger partial charge in [-0.1, -0.05) is 30.3 Å². The van der Waals surface area contributed by atoms with E-state index < -0.39 is 0 Å². The molecule has 0 radical (unpaired) electrons. The van der Waals surface area contributed by atoms with Crippen LogP contribution in [0.2, 0.25) is 0 Å². The molecule has 3 rings (SSSR count). The Balaban J connectivity index is 1.55. The Morgan fingerprint density at radius 2 is 1.81 bits per heavy atom. The van der Waals surface area contributed by atoms with Gasteiger partial charge in [-0.05, 0) is 29.8 Å². The minimum absolute atomic E-state index is 0.0103. The average molecular weight is 283 g/mol. The van der Waals surface area contributed by atoms with Crippen molar-refractivity contribution in [3.05, 3.63) is 60.2 Å². The molecule has 21 heavy (non-hydrogen) atoms. The normalized spacial score (nSPS) is 17.5. The molecule has 1 saturated heterocycles. The third kappa shape index (κ3) is 2.90. The molecule has 1 aliphatic heterocycles. The molecule has 2 aromatic rings. The van der Waals surface area contributed by atoms with Crippen LogP contribution in [0.4, 0.5) is 5.69 Å². The highest BCUT2D eigenvalue weighted by molar-refractivity contribution is 6.03. The summed E-state index contributed by atoms with van der Waals surface area (Å²) in [6.45, 7) is 1.06.